The van der Waals surface area contributed by atoms with Gasteiger partial charge in [0.25, 0.3) is 0 Å². The molecule has 1 aromatic rings. The summed E-state index contributed by atoms with van der Waals surface area (Å²) in [6.45, 7) is 6.44. The molecule has 0 spiro atoms. The Labute approximate surface area is 108 Å². The molecule has 0 amide bonds. The van der Waals surface area contributed by atoms with E-state index in [0.717, 1.165) is 24.6 Å². The fourth-order valence-electron chi connectivity index (χ4n) is 2.51. The van der Waals surface area contributed by atoms with Crippen LogP contribution in [0.2, 0.25) is 5.02 Å². The predicted molar refractivity (Wildman–Crippen MR) is 71.4 cm³/mol. The molecule has 0 radical (unpaired) electrons. The average molecular weight is 254 g/mol. The number of para-hydroxylation sites is 1. The highest BCUT2D eigenvalue weighted by Gasteiger charge is 2.23. The second kappa shape index (κ2) is 5.28. The van der Waals surface area contributed by atoms with Gasteiger partial charge in [0.2, 0.25) is 0 Å². The molecule has 94 valence electrons. The second-order valence-corrected chi connectivity index (χ2v) is 5.62. The fraction of sp³-hybridized carbons (Fsp3) is 0.571. The quantitative estimate of drug-likeness (QED) is 0.870. The molecule has 0 bridgehead atoms. The van der Waals surface area contributed by atoms with Crippen molar-refractivity contribution in [3.8, 4) is 5.75 Å². The number of benzene rings is 1. The van der Waals surface area contributed by atoms with Gasteiger partial charge in [0, 0.05) is 24.7 Å². The molecule has 1 heterocycles. The number of phenols is 1. The minimum absolute atomic E-state index is 0.236. The minimum atomic E-state index is 0.236. The molecular formula is C14H20ClNO. The van der Waals surface area contributed by atoms with Crippen LogP contribution in [-0.4, -0.2) is 22.6 Å². The third kappa shape index (κ3) is 2.93. The molecule has 1 aliphatic rings. The van der Waals surface area contributed by atoms with E-state index in [1.165, 1.54) is 12.8 Å². The standard InChI is InChI=1S/C14H20ClNO/c1-10-6-7-11(2)16(8-10)9-12-4-3-5-13(15)14(12)17/h3-5,10-11,17H,6-9H2,1-2H3. The van der Waals surface area contributed by atoms with Crippen molar-refractivity contribution in [2.45, 2.75) is 39.3 Å². The van der Waals surface area contributed by atoms with E-state index in [9.17, 15) is 5.11 Å². The van der Waals surface area contributed by atoms with E-state index >= 15 is 0 Å². The summed E-state index contributed by atoms with van der Waals surface area (Å²) in [6, 6.07) is 6.16. The summed E-state index contributed by atoms with van der Waals surface area (Å²) in [5, 5.41) is 10.4. The van der Waals surface area contributed by atoms with Gasteiger partial charge in [-0.25, -0.2) is 0 Å². The Morgan fingerprint density at radius 1 is 1.35 bits per heavy atom. The maximum absolute atomic E-state index is 9.92. The van der Waals surface area contributed by atoms with Crippen LogP contribution >= 0.6 is 11.6 Å². The Hall–Kier alpha value is -0.730. The third-order valence-corrected chi connectivity index (χ3v) is 4.00. The summed E-state index contributed by atoms with van der Waals surface area (Å²) in [6.07, 6.45) is 2.54. The van der Waals surface area contributed by atoms with Crippen LogP contribution in [0.25, 0.3) is 0 Å². The number of nitrogens with zero attached hydrogens (tertiary/aromatic N) is 1. The van der Waals surface area contributed by atoms with Crippen LogP contribution in [-0.2, 0) is 6.54 Å². The molecule has 2 atom stereocenters. The van der Waals surface area contributed by atoms with Gasteiger partial charge in [-0.05, 0) is 31.7 Å². The number of phenolic OH excluding ortho intramolecular Hbond substituents is 1. The Kier molecular flexibility index (Phi) is 3.95. The van der Waals surface area contributed by atoms with Crippen molar-refractivity contribution in [1.29, 1.82) is 0 Å². The normalized spacial score (nSPS) is 26.1. The minimum Gasteiger partial charge on any atom is -0.506 e. The average Bonchev–Trinajstić information content (AvgIpc) is 2.30. The highest BCUT2D eigenvalue weighted by atomic mass is 35.5. The molecule has 1 aliphatic heterocycles. The zero-order valence-electron chi connectivity index (χ0n) is 10.5. The van der Waals surface area contributed by atoms with Gasteiger partial charge in [-0.3, -0.25) is 4.90 Å². The molecule has 0 saturated carbocycles. The van der Waals surface area contributed by atoms with Crippen LogP contribution < -0.4 is 0 Å². The Balaban J connectivity index is 2.11. The van der Waals surface area contributed by atoms with Crippen molar-refractivity contribution in [2.24, 2.45) is 5.92 Å². The van der Waals surface area contributed by atoms with Crippen molar-refractivity contribution in [3.63, 3.8) is 0 Å². The van der Waals surface area contributed by atoms with Gasteiger partial charge in [-0.15, -0.1) is 0 Å². The number of halogens is 1. The Morgan fingerprint density at radius 3 is 2.88 bits per heavy atom. The molecule has 1 saturated heterocycles. The summed E-state index contributed by atoms with van der Waals surface area (Å²) in [7, 11) is 0. The number of piperidine rings is 1. The first-order valence-electron chi connectivity index (χ1n) is 6.28. The van der Waals surface area contributed by atoms with Crippen LogP contribution in [0, 0.1) is 5.92 Å². The largest absolute Gasteiger partial charge is 0.506 e. The van der Waals surface area contributed by atoms with E-state index in [2.05, 4.69) is 18.7 Å². The molecule has 2 rings (SSSR count). The zero-order chi connectivity index (χ0) is 12.4. The molecular weight excluding hydrogens is 234 g/mol. The smallest absolute Gasteiger partial charge is 0.138 e. The highest BCUT2D eigenvalue weighted by Crippen LogP contribution is 2.30. The third-order valence-electron chi connectivity index (χ3n) is 3.69. The first-order valence-corrected chi connectivity index (χ1v) is 6.66. The molecule has 2 nitrogen and oxygen atoms in total. The van der Waals surface area contributed by atoms with Gasteiger partial charge in [0.15, 0.2) is 0 Å². The SMILES string of the molecule is CC1CCC(C)N(Cc2cccc(Cl)c2O)C1. The van der Waals surface area contributed by atoms with Gasteiger partial charge < -0.3 is 5.11 Å². The van der Waals surface area contributed by atoms with Gasteiger partial charge in [-0.2, -0.15) is 0 Å². The summed E-state index contributed by atoms with van der Waals surface area (Å²) >= 11 is 5.93. The van der Waals surface area contributed by atoms with Crippen molar-refractivity contribution in [1.82, 2.24) is 4.90 Å². The van der Waals surface area contributed by atoms with E-state index in [1.807, 2.05) is 12.1 Å². The van der Waals surface area contributed by atoms with Crippen LogP contribution in [0.1, 0.15) is 32.3 Å². The number of aromatic hydroxyl groups is 1. The number of likely N-dealkylation sites (tertiary alicyclic amines) is 1. The second-order valence-electron chi connectivity index (χ2n) is 5.21. The number of rotatable bonds is 2. The zero-order valence-corrected chi connectivity index (χ0v) is 11.2. The summed E-state index contributed by atoms with van der Waals surface area (Å²) < 4.78 is 0. The maximum atomic E-state index is 9.92. The maximum Gasteiger partial charge on any atom is 0.138 e. The number of hydrogen-bond acceptors (Lipinski definition) is 2. The van der Waals surface area contributed by atoms with Crippen molar-refractivity contribution in [3.05, 3.63) is 28.8 Å². The lowest BCUT2D eigenvalue weighted by atomic mass is 9.94. The Morgan fingerprint density at radius 2 is 2.12 bits per heavy atom. The molecule has 0 aromatic heterocycles. The van der Waals surface area contributed by atoms with Crippen LogP contribution in [0.3, 0.4) is 0 Å². The van der Waals surface area contributed by atoms with Crippen molar-refractivity contribution in [2.75, 3.05) is 6.54 Å². The molecule has 17 heavy (non-hydrogen) atoms. The van der Waals surface area contributed by atoms with Gasteiger partial charge >= 0.3 is 0 Å². The lowest BCUT2D eigenvalue weighted by molar-refractivity contribution is 0.116. The van der Waals surface area contributed by atoms with Gasteiger partial charge in [0.05, 0.1) is 5.02 Å². The molecule has 0 aliphatic carbocycles. The molecule has 1 fully saturated rings. The Bertz CT molecular complexity index is 394. The van der Waals surface area contributed by atoms with Crippen molar-refractivity contribution < 1.29 is 5.11 Å². The monoisotopic (exact) mass is 253 g/mol. The van der Waals surface area contributed by atoms with Crippen LogP contribution in [0.5, 0.6) is 5.75 Å². The van der Waals surface area contributed by atoms with E-state index in [1.54, 1.807) is 6.07 Å². The van der Waals surface area contributed by atoms with E-state index in [4.69, 9.17) is 11.6 Å². The van der Waals surface area contributed by atoms with Crippen LogP contribution in [0.4, 0.5) is 0 Å². The van der Waals surface area contributed by atoms with E-state index in [0.29, 0.717) is 11.1 Å². The molecule has 1 N–H and O–H groups in total. The summed E-state index contributed by atoms with van der Waals surface area (Å²) in [4.78, 5) is 2.43. The van der Waals surface area contributed by atoms with E-state index in [-0.39, 0.29) is 5.75 Å². The topological polar surface area (TPSA) is 23.5 Å². The lowest BCUT2D eigenvalue weighted by Gasteiger charge is -2.36. The number of hydrogen-bond donors (Lipinski definition) is 1. The molecule has 1 aromatic carbocycles. The molecule has 2 unspecified atom stereocenters. The summed E-state index contributed by atoms with van der Waals surface area (Å²) in [5.41, 5.74) is 0.929. The van der Waals surface area contributed by atoms with Gasteiger partial charge in [-0.1, -0.05) is 30.7 Å². The highest BCUT2D eigenvalue weighted by molar-refractivity contribution is 6.32. The molecule has 3 heteroatoms. The predicted octanol–water partition coefficient (Wildman–Crippen LogP) is 3.67. The summed E-state index contributed by atoms with van der Waals surface area (Å²) in [5.74, 6) is 0.979. The first-order chi connectivity index (χ1) is 8.08. The lowest BCUT2D eigenvalue weighted by Crippen LogP contribution is -2.40. The van der Waals surface area contributed by atoms with Gasteiger partial charge in [0.1, 0.15) is 5.75 Å². The first kappa shape index (κ1) is 12.7. The fourth-order valence-corrected chi connectivity index (χ4v) is 2.70. The van der Waals surface area contributed by atoms with E-state index < -0.39 is 0 Å². The van der Waals surface area contributed by atoms with Crippen LogP contribution in [0.15, 0.2) is 18.2 Å². The van der Waals surface area contributed by atoms with Crippen molar-refractivity contribution >= 4 is 11.6 Å².